The molecule has 0 spiro atoms. The fourth-order valence-corrected chi connectivity index (χ4v) is 2.40. The SMILES string of the molecule is CN1C(=O)CCC(NC(=O)C2CCCCN2)C1=O. The van der Waals surface area contributed by atoms with Crippen LogP contribution in [0.5, 0.6) is 0 Å². The Morgan fingerprint density at radius 1 is 1.33 bits per heavy atom. The first-order chi connectivity index (χ1) is 8.59. The van der Waals surface area contributed by atoms with Crippen molar-refractivity contribution in [3.8, 4) is 0 Å². The summed E-state index contributed by atoms with van der Waals surface area (Å²) in [5.74, 6) is -0.618. The normalized spacial score (nSPS) is 29.3. The molecule has 6 heteroatoms. The van der Waals surface area contributed by atoms with Crippen molar-refractivity contribution in [2.45, 2.75) is 44.2 Å². The largest absolute Gasteiger partial charge is 0.343 e. The smallest absolute Gasteiger partial charge is 0.251 e. The van der Waals surface area contributed by atoms with E-state index in [0.717, 1.165) is 30.7 Å². The Morgan fingerprint density at radius 2 is 2.11 bits per heavy atom. The van der Waals surface area contributed by atoms with Crippen molar-refractivity contribution in [2.24, 2.45) is 0 Å². The number of nitrogens with zero attached hydrogens (tertiary/aromatic N) is 1. The highest BCUT2D eigenvalue weighted by Gasteiger charge is 2.34. The van der Waals surface area contributed by atoms with Crippen LogP contribution >= 0.6 is 0 Å². The summed E-state index contributed by atoms with van der Waals surface area (Å²) in [6, 6.07) is -0.751. The molecule has 6 nitrogen and oxygen atoms in total. The molecule has 2 unspecified atom stereocenters. The zero-order valence-electron chi connectivity index (χ0n) is 10.6. The summed E-state index contributed by atoms with van der Waals surface area (Å²) >= 11 is 0. The van der Waals surface area contributed by atoms with Gasteiger partial charge in [-0.05, 0) is 25.8 Å². The van der Waals surface area contributed by atoms with Gasteiger partial charge in [0.25, 0.3) is 5.91 Å². The number of carbonyl (C=O) groups excluding carboxylic acids is 3. The Morgan fingerprint density at radius 3 is 2.78 bits per heavy atom. The number of amides is 3. The summed E-state index contributed by atoms with van der Waals surface area (Å²) in [6.45, 7) is 0.842. The number of likely N-dealkylation sites (tertiary alicyclic amines) is 1. The number of imide groups is 1. The molecule has 0 bridgehead atoms. The van der Waals surface area contributed by atoms with Gasteiger partial charge < -0.3 is 10.6 Å². The molecule has 18 heavy (non-hydrogen) atoms. The fourth-order valence-electron chi connectivity index (χ4n) is 2.40. The minimum Gasteiger partial charge on any atom is -0.343 e. The molecule has 100 valence electrons. The molecule has 3 amide bonds. The van der Waals surface area contributed by atoms with Gasteiger partial charge in [0.2, 0.25) is 11.8 Å². The second kappa shape index (κ2) is 5.48. The van der Waals surface area contributed by atoms with Gasteiger partial charge in [0.15, 0.2) is 0 Å². The quantitative estimate of drug-likeness (QED) is 0.644. The van der Waals surface area contributed by atoms with Gasteiger partial charge in [-0.25, -0.2) is 0 Å². The van der Waals surface area contributed by atoms with Gasteiger partial charge in [-0.15, -0.1) is 0 Å². The van der Waals surface area contributed by atoms with Crippen LogP contribution in [0.1, 0.15) is 32.1 Å². The van der Waals surface area contributed by atoms with Gasteiger partial charge in [0, 0.05) is 13.5 Å². The van der Waals surface area contributed by atoms with Gasteiger partial charge >= 0.3 is 0 Å². The third-order valence-electron chi connectivity index (χ3n) is 3.59. The number of carbonyl (C=O) groups is 3. The average molecular weight is 253 g/mol. The van der Waals surface area contributed by atoms with E-state index < -0.39 is 6.04 Å². The molecule has 2 aliphatic rings. The lowest BCUT2D eigenvalue weighted by atomic mass is 10.0. The summed E-state index contributed by atoms with van der Waals surface area (Å²) in [5, 5.41) is 5.88. The second-order valence-electron chi connectivity index (χ2n) is 4.89. The predicted octanol–water partition coefficient (Wildman–Crippen LogP) is -0.608. The third kappa shape index (κ3) is 2.69. The second-order valence-corrected chi connectivity index (χ2v) is 4.89. The van der Waals surface area contributed by atoms with E-state index in [1.807, 2.05) is 0 Å². The molecule has 0 aromatic rings. The van der Waals surface area contributed by atoms with Gasteiger partial charge in [-0.3, -0.25) is 19.3 Å². The minimum absolute atomic E-state index is 0.129. The highest BCUT2D eigenvalue weighted by molar-refractivity contribution is 6.01. The van der Waals surface area contributed by atoms with Crippen molar-refractivity contribution < 1.29 is 14.4 Å². The van der Waals surface area contributed by atoms with Crippen molar-refractivity contribution in [3.63, 3.8) is 0 Å². The van der Waals surface area contributed by atoms with E-state index in [2.05, 4.69) is 10.6 Å². The van der Waals surface area contributed by atoms with E-state index in [1.54, 1.807) is 0 Å². The average Bonchev–Trinajstić information content (AvgIpc) is 2.40. The van der Waals surface area contributed by atoms with E-state index >= 15 is 0 Å². The van der Waals surface area contributed by atoms with E-state index in [0.29, 0.717) is 12.8 Å². The van der Waals surface area contributed by atoms with Crippen LogP contribution in [-0.2, 0) is 14.4 Å². The molecule has 0 saturated carbocycles. The molecule has 2 heterocycles. The molecule has 0 aromatic carbocycles. The van der Waals surface area contributed by atoms with Crippen LogP contribution in [0.25, 0.3) is 0 Å². The van der Waals surface area contributed by atoms with E-state index in [1.165, 1.54) is 7.05 Å². The van der Waals surface area contributed by atoms with Crippen LogP contribution in [0.4, 0.5) is 0 Å². The number of hydrogen-bond donors (Lipinski definition) is 2. The van der Waals surface area contributed by atoms with Crippen LogP contribution in [0.2, 0.25) is 0 Å². The molecular formula is C12H19N3O3. The summed E-state index contributed by atoms with van der Waals surface area (Å²) in [5.41, 5.74) is 0. The van der Waals surface area contributed by atoms with Crippen LogP contribution in [-0.4, -0.2) is 48.3 Å². The van der Waals surface area contributed by atoms with Crippen molar-refractivity contribution >= 4 is 17.7 Å². The Kier molecular flexibility index (Phi) is 3.96. The lowest BCUT2D eigenvalue weighted by Gasteiger charge is -2.30. The zero-order chi connectivity index (χ0) is 13.1. The maximum Gasteiger partial charge on any atom is 0.251 e. The molecule has 0 radical (unpaired) electrons. The van der Waals surface area contributed by atoms with Crippen molar-refractivity contribution in [2.75, 3.05) is 13.6 Å². The van der Waals surface area contributed by atoms with E-state index in [-0.39, 0.29) is 23.8 Å². The molecule has 2 rings (SSSR count). The minimum atomic E-state index is -0.552. The van der Waals surface area contributed by atoms with Crippen LogP contribution < -0.4 is 10.6 Å². The standard InChI is InChI=1S/C12H19N3O3/c1-15-10(16)6-5-9(12(15)18)14-11(17)8-4-2-3-7-13-8/h8-9,13H,2-7H2,1H3,(H,14,17). The lowest BCUT2D eigenvalue weighted by Crippen LogP contribution is -2.56. The third-order valence-corrected chi connectivity index (χ3v) is 3.59. The molecular weight excluding hydrogens is 234 g/mol. The Labute approximate surface area is 106 Å². The maximum absolute atomic E-state index is 12.0. The molecule has 2 saturated heterocycles. The van der Waals surface area contributed by atoms with Gasteiger partial charge in [-0.1, -0.05) is 6.42 Å². The number of likely N-dealkylation sites (N-methyl/N-ethyl adjacent to an activating group) is 1. The topological polar surface area (TPSA) is 78.5 Å². The molecule has 2 fully saturated rings. The predicted molar refractivity (Wildman–Crippen MR) is 64.6 cm³/mol. The highest BCUT2D eigenvalue weighted by atomic mass is 16.2. The highest BCUT2D eigenvalue weighted by Crippen LogP contribution is 2.13. The summed E-state index contributed by atoms with van der Waals surface area (Å²) in [6.07, 6.45) is 3.64. The first-order valence-electron chi connectivity index (χ1n) is 6.44. The van der Waals surface area contributed by atoms with E-state index in [9.17, 15) is 14.4 Å². The maximum atomic E-state index is 12.0. The van der Waals surface area contributed by atoms with Crippen LogP contribution in [0, 0.1) is 0 Å². The summed E-state index contributed by atoms with van der Waals surface area (Å²) in [7, 11) is 1.46. The fraction of sp³-hybridized carbons (Fsp3) is 0.750. The number of hydrogen-bond acceptors (Lipinski definition) is 4. The monoisotopic (exact) mass is 253 g/mol. The Hall–Kier alpha value is -1.43. The molecule has 2 aliphatic heterocycles. The molecule has 0 aliphatic carbocycles. The van der Waals surface area contributed by atoms with E-state index in [4.69, 9.17) is 0 Å². The summed E-state index contributed by atoms with van der Waals surface area (Å²) in [4.78, 5) is 36.2. The van der Waals surface area contributed by atoms with Gasteiger partial charge in [0.05, 0.1) is 6.04 Å². The number of nitrogens with one attached hydrogen (secondary N) is 2. The van der Waals surface area contributed by atoms with Crippen molar-refractivity contribution in [1.29, 1.82) is 0 Å². The molecule has 2 N–H and O–H groups in total. The van der Waals surface area contributed by atoms with Gasteiger partial charge in [-0.2, -0.15) is 0 Å². The van der Waals surface area contributed by atoms with Crippen LogP contribution in [0.15, 0.2) is 0 Å². The Bertz CT molecular complexity index is 364. The lowest BCUT2D eigenvalue weighted by molar-refractivity contribution is -0.149. The van der Waals surface area contributed by atoms with Crippen molar-refractivity contribution in [3.05, 3.63) is 0 Å². The summed E-state index contributed by atoms with van der Waals surface area (Å²) < 4.78 is 0. The zero-order valence-corrected chi connectivity index (χ0v) is 10.6. The van der Waals surface area contributed by atoms with Crippen LogP contribution in [0.3, 0.4) is 0 Å². The van der Waals surface area contributed by atoms with Gasteiger partial charge in [0.1, 0.15) is 6.04 Å². The first-order valence-corrected chi connectivity index (χ1v) is 6.44. The first kappa shape index (κ1) is 13.0. The number of piperidine rings is 2. The number of rotatable bonds is 2. The van der Waals surface area contributed by atoms with Crippen molar-refractivity contribution in [1.82, 2.24) is 15.5 Å². The molecule has 2 atom stereocenters. The molecule has 0 aromatic heterocycles. The Balaban J connectivity index is 1.90.